The number of carboxylic acids is 1. The number of carbonyl (C=O) groups excluding carboxylic acids is 1. The van der Waals surface area contributed by atoms with Crippen LogP contribution < -0.4 is 5.32 Å². The number of aliphatic carboxylic acids is 1. The Morgan fingerprint density at radius 3 is 2.53 bits per heavy atom. The second kappa shape index (κ2) is 6.91. The second-order valence-electron chi connectivity index (χ2n) is 4.55. The number of rotatable bonds is 5. The minimum Gasteiger partial charge on any atom is -0.481 e. The second-order valence-corrected chi connectivity index (χ2v) is 5.84. The van der Waals surface area contributed by atoms with Crippen LogP contribution in [-0.2, 0) is 4.79 Å². The Morgan fingerprint density at radius 1 is 1.42 bits per heavy atom. The highest BCUT2D eigenvalue weighted by Gasteiger charge is 2.21. The summed E-state index contributed by atoms with van der Waals surface area (Å²) in [6, 6.07) is 4.42. The molecular formula is C13H15BrClNO3. The van der Waals surface area contributed by atoms with E-state index in [0.717, 1.165) is 0 Å². The van der Waals surface area contributed by atoms with Crippen molar-refractivity contribution >= 4 is 39.4 Å². The molecule has 19 heavy (non-hydrogen) atoms. The smallest absolute Gasteiger partial charge is 0.305 e. The lowest BCUT2D eigenvalue weighted by Crippen LogP contribution is -2.40. The molecule has 0 heterocycles. The molecule has 1 rings (SSSR count). The van der Waals surface area contributed by atoms with Gasteiger partial charge >= 0.3 is 5.97 Å². The summed E-state index contributed by atoms with van der Waals surface area (Å²) in [6.07, 6.45) is -0.103. The van der Waals surface area contributed by atoms with Crippen molar-refractivity contribution in [2.75, 3.05) is 0 Å². The average Bonchev–Trinajstić information content (AvgIpc) is 2.26. The molecule has 4 nitrogen and oxygen atoms in total. The molecule has 0 aliphatic heterocycles. The number of hydrogen-bond acceptors (Lipinski definition) is 2. The number of carbonyl (C=O) groups is 2. The van der Waals surface area contributed by atoms with Crippen molar-refractivity contribution < 1.29 is 14.7 Å². The lowest BCUT2D eigenvalue weighted by Gasteiger charge is -2.21. The van der Waals surface area contributed by atoms with Gasteiger partial charge in [0.2, 0.25) is 0 Å². The van der Waals surface area contributed by atoms with Crippen LogP contribution in [-0.4, -0.2) is 23.0 Å². The van der Waals surface area contributed by atoms with E-state index in [4.69, 9.17) is 16.7 Å². The third kappa shape index (κ3) is 4.84. The molecule has 1 aromatic rings. The summed E-state index contributed by atoms with van der Waals surface area (Å²) in [7, 11) is 0. The molecule has 0 bridgehead atoms. The molecule has 0 radical (unpaired) electrons. The van der Waals surface area contributed by atoms with Crippen molar-refractivity contribution in [2.45, 2.75) is 26.3 Å². The summed E-state index contributed by atoms with van der Waals surface area (Å²) in [5.41, 5.74) is 0.431. The Labute approximate surface area is 125 Å². The van der Waals surface area contributed by atoms with E-state index in [9.17, 15) is 9.59 Å². The summed E-state index contributed by atoms with van der Waals surface area (Å²) in [5, 5.41) is 12.1. The van der Waals surface area contributed by atoms with Crippen LogP contribution in [0.15, 0.2) is 22.7 Å². The Hall–Kier alpha value is -1.07. The fourth-order valence-corrected chi connectivity index (χ4v) is 2.42. The molecular weight excluding hydrogens is 334 g/mol. The van der Waals surface area contributed by atoms with E-state index in [2.05, 4.69) is 21.2 Å². The van der Waals surface area contributed by atoms with Gasteiger partial charge in [-0.15, -0.1) is 0 Å². The van der Waals surface area contributed by atoms with Gasteiger partial charge in [0.1, 0.15) is 0 Å². The predicted molar refractivity (Wildman–Crippen MR) is 77.5 cm³/mol. The summed E-state index contributed by atoms with van der Waals surface area (Å²) in [5.74, 6) is -1.22. The van der Waals surface area contributed by atoms with E-state index in [1.807, 2.05) is 13.8 Å². The van der Waals surface area contributed by atoms with Crippen molar-refractivity contribution in [3.05, 3.63) is 33.3 Å². The zero-order chi connectivity index (χ0) is 14.6. The quantitative estimate of drug-likeness (QED) is 0.857. The largest absolute Gasteiger partial charge is 0.481 e. The fraction of sp³-hybridized carbons (Fsp3) is 0.385. The number of halogens is 2. The zero-order valence-electron chi connectivity index (χ0n) is 10.6. The minimum absolute atomic E-state index is 0.0334. The third-order valence-corrected chi connectivity index (χ3v) is 3.58. The van der Waals surface area contributed by atoms with Gasteiger partial charge in [0.25, 0.3) is 5.91 Å². The summed E-state index contributed by atoms with van der Waals surface area (Å²) in [4.78, 5) is 22.9. The highest BCUT2D eigenvalue weighted by atomic mass is 79.9. The highest BCUT2D eigenvalue weighted by molar-refractivity contribution is 9.10. The Bertz CT molecular complexity index is 491. The van der Waals surface area contributed by atoms with Crippen LogP contribution in [0.4, 0.5) is 0 Å². The van der Waals surface area contributed by atoms with Crippen molar-refractivity contribution in [2.24, 2.45) is 5.92 Å². The maximum Gasteiger partial charge on any atom is 0.305 e. The lowest BCUT2D eigenvalue weighted by atomic mass is 10.0. The van der Waals surface area contributed by atoms with Crippen LogP contribution in [0.3, 0.4) is 0 Å². The number of benzene rings is 1. The van der Waals surface area contributed by atoms with Crippen LogP contribution in [0.25, 0.3) is 0 Å². The van der Waals surface area contributed by atoms with Gasteiger partial charge in [0, 0.05) is 15.5 Å². The van der Waals surface area contributed by atoms with Crippen molar-refractivity contribution in [1.29, 1.82) is 0 Å². The summed E-state index contributed by atoms with van der Waals surface area (Å²) >= 11 is 9.07. The van der Waals surface area contributed by atoms with Crippen molar-refractivity contribution in [3.63, 3.8) is 0 Å². The first-order chi connectivity index (χ1) is 8.81. The van der Waals surface area contributed by atoms with E-state index >= 15 is 0 Å². The van der Waals surface area contributed by atoms with Crippen LogP contribution in [0, 0.1) is 5.92 Å². The summed E-state index contributed by atoms with van der Waals surface area (Å²) in [6.45, 7) is 3.73. The SMILES string of the molecule is CC(C)C(CC(=O)O)NC(=O)c1ccc(Cl)cc1Br. The maximum atomic E-state index is 12.1. The van der Waals surface area contributed by atoms with Crippen LogP contribution >= 0.6 is 27.5 Å². The zero-order valence-corrected chi connectivity index (χ0v) is 13.0. The number of amides is 1. The normalized spacial score (nSPS) is 12.3. The molecule has 1 unspecified atom stereocenters. The Morgan fingerprint density at radius 2 is 2.05 bits per heavy atom. The molecule has 1 amide bonds. The molecule has 1 aromatic carbocycles. The third-order valence-electron chi connectivity index (χ3n) is 2.69. The van der Waals surface area contributed by atoms with E-state index in [1.165, 1.54) is 0 Å². The molecule has 0 spiro atoms. The maximum absolute atomic E-state index is 12.1. The van der Waals surface area contributed by atoms with Gasteiger partial charge in [-0.05, 0) is 40.0 Å². The van der Waals surface area contributed by atoms with E-state index in [1.54, 1.807) is 18.2 Å². The fourth-order valence-electron chi connectivity index (χ4n) is 1.56. The van der Waals surface area contributed by atoms with Crippen molar-refractivity contribution in [3.8, 4) is 0 Å². The first-order valence-corrected chi connectivity index (χ1v) is 6.96. The topological polar surface area (TPSA) is 66.4 Å². The summed E-state index contributed by atoms with van der Waals surface area (Å²) < 4.78 is 0.579. The van der Waals surface area contributed by atoms with E-state index in [0.29, 0.717) is 15.1 Å². The molecule has 1 atom stereocenters. The minimum atomic E-state index is -0.936. The predicted octanol–water partition coefficient (Wildman–Crippen LogP) is 3.33. The van der Waals surface area contributed by atoms with E-state index in [-0.39, 0.29) is 18.2 Å². The molecule has 2 N–H and O–H groups in total. The van der Waals surface area contributed by atoms with Gasteiger partial charge in [-0.25, -0.2) is 0 Å². The van der Waals surface area contributed by atoms with Gasteiger partial charge in [0.05, 0.1) is 12.0 Å². The highest BCUT2D eigenvalue weighted by Crippen LogP contribution is 2.22. The Kier molecular flexibility index (Phi) is 5.82. The first-order valence-electron chi connectivity index (χ1n) is 5.79. The molecule has 0 aliphatic carbocycles. The van der Waals surface area contributed by atoms with Gasteiger partial charge in [-0.2, -0.15) is 0 Å². The monoisotopic (exact) mass is 347 g/mol. The lowest BCUT2D eigenvalue weighted by molar-refractivity contribution is -0.137. The van der Waals surface area contributed by atoms with Gasteiger partial charge in [0.15, 0.2) is 0 Å². The van der Waals surface area contributed by atoms with Gasteiger partial charge in [-0.3, -0.25) is 9.59 Å². The molecule has 0 saturated heterocycles. The standard InChI is InChI=1S/C13H15BrClNO3/c1-7(2)11(6-12(17)18)16-13(19)9-4-3-8(15)5-10(9)14/h3-5,7,11H,6H2,1-2H3,(H,16,19)(H,17,18). The van der Waals surface area contributed by atoms with Crippen LogP contribution in [0.1, 0.15) is 30.6 Å². The molecule has 0 saturated carbocycles. The molecule has 0 aromatic heterocycles. The van der Waals surface area contributed by atoms with Crippen molar-refractivity contribution in [1.82, 2.24) is 5.32 Å². The average molecular weight is 349 g/mol. The van der Waals surface area contributed by atoms with Crippen LogP contribution in [0.5, 0.6) is 0 Å². The molecule has 6 heteroatoms. The van der Waals surface area contributed by atoms with Gasteiger partial charge < -0.3 is 10.4 Å². The molecule has 0 fully saturated rings. The van der Waals surface area contributed by atoms with Gasteiger partial charge in [-0.1, -0.05) is 25.4 Å². The molecule has 0 aliphatic rings. The Balaban J connectivity index is 2.84. The van der Waals surface area contributed by atoms with Crippen LogP contribution in [0.2, 0.25) is 5.02 Å². The number of hydrogen-bond donors (Lipinski definition) is 2. The number of carboxylic acid groups (broad SMARTS) is 1. The van der Waals surface area contributed by atoms with E-state index < -0.39 is 12.0 Å². The number of nitrogens with one attached hydrogen (secondary N) is 1. The first kappa shape index (κ1) is 16.0. The molecule has 104 valence electrons.